The standard InChI is InChI=1S/C15H17ClN2/c1-10(2)15-8-12(6-11(3)18-15)7-14-9-13(16)4-5-17-14/h4-6,8-10H,7H2,1-3H3. The fourth-order valence-corrected chi connectivity index (χ4v) is 2.10. The Morgan fingerprint density at radius 2 is 2.00 bits per heavy atom. The highest BCUT2D eigenvalue weighted by Crippen LogP contribution is 2.18. The molecule has 0 atom stereocenters. The smallest absolute Gasteiger partial charge is 0.0462 e. The van der Waals surface area contributed by atoms with E-state index in [0.717, 1.165) is 28.5 Å². The van der Waals surface area contributed by atoms with Gasteiger partial charge >= 0.3 is 0 Å². The van der Waals surface area contributed by atoms with Crippen LogP contribution in [0.15, 0.2) is 30.5 Å². The van der Waals surface area contributed by atoms with Gasteiger partial charge in [-0.1, -0.05) is 25.4 Å². The van der Waals surface area contributed by atoms with Crippen molar-refractivity contribution >= 4 is 11.6 Å². The van der Waals surface area contributed by atoms with Gasteiger partial charge in [0.15, 0.2) is 0 Å². The predicted molar refractivity (Wildman–Crippen MR) is 75.1 cm³/mol. The van der Waals surface area contributed by atoms with E-state index in [0.29, 0.717) is 5.92 Å². The van der Waals surface area contributed by atoms with Crippen LogP contribution in [0.2, 0.25) is 5.02 Å². The monoisotopic (exact) mass is 260 g/mol. The summed E-state index contributed by atoms with van der Waals surface area (Å²) < 4.78 is 0. The Hall–Kier alpha value is -1.41. The minimum Gasteiger partial charge on any atom is -0.261 e. The van der Waals surface area contributed by atoms with E-state index >= 15 is 0 Å². The molecule has 0 bridgehead atoms. The first-order valence-electron chi connectivity index (χ1n) is 6.12. The summed E-state index contributed by atoms with van der Waals surface area (Å²) in [6, 6.07) is 7.96. The van der Waals surface area contributed by atoms with E-state index in [1.807, 2.05) is 13.0 Å². The largest absolute Gasteiger partial charge is 0.261 e. The SMILES string of the molecule is Cc1cc(Cc2cc(Cl)ccn2)cc(C(C)C)n1. The molecular weight excluding hydrogens is 244 g/mol. The van der Waals surface area contributed by atoms with Crippen LogP contribution in [0.5, 0.6) is 0 Å². The van der Waals surface area contributed by atoms with Gasteiger partial charge in [-0.05, 0) is 42.7 Å². The summed E-state index contributed by atoms with van der Waals surface area (Å²) in [7, 11) is 0. The molecule has 94 valence electrons. The van der Waals surface area contributed by atoms with Gasteiger partial charge < -0.3 is 0 Å². The first-order valence-corrected chi connectivity index (χ1v) is 6.50. The Morgan fingerprint density at radius 1 is 1.22 bits per heavy atom. The third-order valence-corrected chi connectivity index (χ3v) is 3.02. The van der Waals surface area contributed by atoms with Crippen LogP contribution < -0.4 is 0 Å². The number of aryl methyl sites for hydroxylation is 1. The van der Waals surface area contributed by atoms with Crippen LogP contribution in [-0.4, -0.2) is 9.97 Å². The number of aromatic nitrogens is 2. The van der Waals surface area contributed by atoms with Gasteiger partial charge in [0.25, 0.3) is 0 Å². The number of hydrogen-bond donors (Lipinski definition) is 0. The Balaban J connectivity index is 2.29. The minimum absolute atomic E-state index is 0.441. The van der Waals surface area contributed by atoms with Gasteiger partial charge in [0.2, 0.25) is 0 Å². The lowest BCUT2D eigenvalue weighted by molar-refractivity contribution is 0.810. The zero-order valence-corrected chi connectivity index (χ0v) is 11.7. The Morgan fingerprint density at radius 3 is 2.67 bits per heavy atom. The van der Waals surface area contributed by atoms with E-state index < -0.39 is 0 Å². The van der Waals surface area contributed by atoms with Crippen LogP contribution >= 0.6 is 11.6 Å². The van der Waals surface area contributed by atoms with Crippen molar-refractivity contribution in [2.24, 2.45) is 0 Å². The fraction of sp³-hybridized carbons (Fsp3) is 0.333. The molecule has 2 aromatic rings. The van der Waals surface area contributed by atoms with E-state index in [-0.39, 0.29) is 0 Å². The minimum atomic E-state index is 0.441. The molecule has 0 radical (unpaired) electrons. The van der Waals surface area contributed by atoms with Gasteiger partial charge in [-0.25, -0.2) is 0 Å². The third kappa shape index (κ3) is 3.30. The van der Waals surface area contributed by atoms with E-state index in [2.05, 4.69) is 35.9 Å². The van der Waals surface area contributed by atoms with Crippen molar-refractivity contribution < 1.29 is 0 Å². The lowest BCUT2D eigenvalue weighted by Crippen LogP contribution is -1.99. The molecule has 0 aromatic carbocycles. The Labute approximate surface area is 113 Å². The van der Waals surface area contributed by atoms with Crippen LogP contribution in [0.3, 0.4) is 0 Å². The third-order valence-electron chi connectivity index (χ3n) is 2.79. The first-order chi connectivity index (χ1) is 8.54. The van der Waals surface area contributed by atoms with E-state index in [1.165, 1.54) is 5.56 Å². The molecule has 0 aliphatic heterocycles. The molecule has 2 rings (SSSR count). The van der Waals surface area contributed by atoms with E-state index in [4.69, 9.17) is 11.6 Å². The quantitative estimate of drug-likeness (QED) is 0.828. The van der Waals surface area contributed by atoms with Gasteiger partial charge in [-0.2, -0.15) is 0 Å². The van der Waals surface area contributed by atoms with Gasteiger partial charge in [-0.15, -0.1) is 0 Å². The highest BCUT2D eigenvalue weighted by molar-refractivity contribution is 6.30. The van der Waals surface area contributed by atoms with Crippen molar-refractivity contribution in [3.8, 4) is 0 Å². The predicted octanol–water partition coefficient (Wildman–Crippen LogP) is 4.15. The summed E-state index contributed by atoms with van der Waals surface area (Å²) in [5.41, 5.74) is 4.41. The topological polar surface area (TPSA) is 25.8 Å². The molecule has 0 fully saturated rings. The Kier molecular flexibility index (Phi) is 3.97. The van der Waals surface area contributed by atoms with Crippen molar-refractivity contribution in [3.05, 3.63) is 58.1 Å². The lowest BCUT2D eigenvalue weighted by atomic mass is 10.0. The average molecular weight is 261 g/mol. The average Bonchev–Trinajstić information content (AvgIpc) is 2.28. The van der Waals surface area contributed by atoms with Crippen molar-refractivity contribution in [3.63, 3.8) is 0 Å². The highest BCUT2D eigenvalue weighted by Gasteiger charge is 2.06. The summed E-state index contributed by atoms with van der Waals surface area (Å²) in [6.07, 6.45) is 2.54. The van der Waals surface area contributed by atoms with Crippen LogP contribution in [0.4, 0.5) is 0 Å². The van der Waals surface area contributed by atoms with Gasteiger partial charge in [-0.3, -0.25) is 9.97 Å². The number of hydrogen-bond acceptors (Lipinski definition) is 2. The maximum absolute atomic E-state index is 5.97. The molecular formula is C15H17ClN2. The Bertz CT molecular complexity index is 550. The molecule has 0 saturated carbocycles. The second kappa shape index (κ2) is 5.49. The second-order valence-corrected chi connectivity index (χ2v) is 5.27. The molecule has 0 spiro atoms. The number of nitrogens with zero attached hydrogens (tertiary/aromatic N) is 2. The highest BCUT2D eigenvalue weighted by atomic mass is 35.5. The van der Waals surface area contributed by atoms with Gasteiger partial charge in [0, 0.05) is 34.7 Å². The number of pyridine rings is 2. The normalized spacial score (nSPS) is 10.9. The molecule has 2 aromatic heterocycles. The molecule has 0 unspecified atom stereocenters. The molecule has 0 N–H and O–H groups in total. The van der Waals surface area contributed by atoms with Crippen LogP contribution in [0.25, 0.3) is 0 Å². The summed E-state index contributed by atoms with van der Waals surface area (Å²) in [5, 5.41) is 0.731. The number of rotatable bonds is 3. The zero-order chi connectivity index (χ0) is 13.1. The van der Waals surface area contributed by atoms with E-state index in [1.54, 1.807) is 12.3 Å². The van der Waals surface area contributed by atoms with Gasteiger partial charge in [0.1, 0.15) is 0 Å². The van der Waals surface area contributed by atoms with Crippen molar-refractivity contribution in [2.75, 3.05) is 0 Å². The molecule has 0 aliphatic rings. The van der Waals surface area contributed by atoms with Crippen LogP contribution in [-0.2, 0) is 6.42 Å². The van der Waals surface area contributed by atoms with Crippen molar-refractivity contribution in [1.82, 2.24) is 9.97 Å². The second-order valence-electron chi connectivity index (χ2n) is 4.84. The summed E-state index contributed by atoms with van der Waals surface area (Å²) in [6.45, 7) is 6.34. The molecule has 2 nitrogen and oxygen atoms in total. The van der Waals surface area contributed by atoms with Crippen molar-refractivity contribution in [1.29, 1.82) is 0 Å². The fourth-order valence-electron chi connectivity index (χ4n) is 1.92. The van der Waals surface area contributed by atoms with Crippen molar-refractivity contribution in [2.45, 2.75) is 33.1 Å². The van der Waals surface area contributed by atoms with Crippen LogP contribution in [0, 0.1) is 6.92 Å². The van der Waals surface area contributed by atoms with E-state index in [9.17, 15) is 0 Å². The zero-order valence-electron chi connectivity index (χ0n) is 10.9. The molecule has 2 heterocycles. The van der Waals surface area contributed by atoms with Gasteiger partial charge in [0.05, 0.1) is 0 Å². The molecule has 0 amide bonds. The lowest BCUT2D eigenvalue weighted by Gasteiger charge is -2.09. The summed E-state index contributed by atoms with van der Waals surface area (Å²) in [4.78, 5) is 8.88. The molecule has 0 saturated heterocycles. The summed E-state index contributed by atoms with van der Waals surface area (Å²) in [5.74, 6) is 0.441. The maximum atomic E-state index is 5.97. The van der Waals surface area contributed by atoms with Crippen LogP contribution in [0.1, 0.15) is 42.4 Å². The molecule has 0 aliphatic carbocycles. The number of halogens is 1. The first kappa shape index (κ1) is 13.0. The molecule has 3 heteroatoms. The maximum Gasteiger partial charge on any atom is 0.0462 e. The molecule has 18 heavy (non-hydrogen) atoms. The summed E-state index contributed by atoms with van der Waals surface area (Å²) >= 11 is 5.97.